The van der Waals surface area contributed by atoms with Crippen LogP contribution < -0.4 is 0 Å². The molecule has 0 radical (unpaired) electrons. The lowest BCUT2D eigenvalue weighted by molar-refractivity contribution is 0.173. The summed E-state index contributed by atoms with van der Waals surface area (Å²) in [7, 11) is 0. The van der Waals surface area contributed by atoms with Crippen molar-refractivity contribution in [3.8, 4) is 0 Å². The topological polar surface area (TPSA) is 50.9 Å². The minimum absolute atomic E-state index is 0.377. The molecule has 16 heavy (non-hydrogen) atoms. The standard InChI is InChI=1S/C12H15N3O/c1-2-11(16)10-4-7-15(8-10)9-12-13-5-3-6-14-12/h3-8,11,16H,2,9H2,1H3. The van der Waals surface area contributed by atoms with Gasteiger partial charge in [-0.15, -0.1) is 0 Å². The van der Waals surface area contributed by atoms with Crippen LogP contribution in [-0.2, 0) is 6.54 Å². The number of rotatable bonds is 4. The molecule has 0 amide bonds. The zero-order valence-electron chi connectivity index (χ0n) is 9.24. The highest BCUT2D eigenvalue weighted by Crippen LogP contribution is 2.16. The zero-order valence-corrected chi connectivity index (χ0v) is 9.24. The molecule has 1 unspecified atom stereocenters. The van der Waals surface area contributed by atoms with E-state index in [4.69, 9.17) is 0 Å². The molecule has 1 N–H and O–H groups in total. The lowest BCUT2D eigenvalue weighted by Gasteiger charge is -2.04. The Morgan fingerprint density at radius 1 is 1.38 bits per heavy atom. The Kier molecular flexibility index (Phi) is 3.31. The van der Waals surface area contributed by atoms with E-state index < -0.39 is 0 Å². The van der Waals surface area contributed by atoms with Crippen LogP contribution in [0.25, 0.3) is 0 Å². The van der Waals surface area contributed by atoms with Crippen molar-refractivity contribution >= 4 is 0 Å². The Balaban J connectivity index is 2.09. The Morgan fingerprint density at radius 2 is 2.12 bits per heavy atom. The number of hydrogen-bond acceptors (Lipinski definition) is 3. The average Bonchev–Trinajstić information content (AvgIpc) is 2.78. The highest BCUT2D eigenvalue weighted by molar-refractivity contribution is 5.14. The maximum absolute atomic E-state index is 9.66. The number of nitrogens with zero attached hydrogens (tertiary/aromatic N) is 3. The second kappa shape index (κ2) is 4.90. The van der Waals surface area contributed by atoms with Gasteiger partial charge < -0.3 is 9.67 Å². The lowest BCUT2D eigenvalue weighted by atomic mass is 10.1. The summed E-state index contributed by atoms with van der Waals surface area (Å²) in [6.07, 6.45) is 7.68. The SMILES string of the molecule is CCC(O)c1ccn(Cc2ncccn2)c1. The van der Waals surface area contributed by atoms with Gasteiger partial charge in [0.05, 0.1) is 12.6 Å². The van der Waals surface area contributed by atoms with Gasteiger partial charge >= 0.3 is 0 Å². The summed E-state index contributed by atoms with van der Waals surface area (Å²) in [6.45, 7) is 2.60. The van der Waals surface area contributed by atoms with Gasteiger partial charge in [0.2, 0.25) is 0 Å². The molecular weight excluding hydrogens is 202 g/mol. The van der Waals surface area contributed by atoms with E-state index in [0.717, 1.165) is 17.8 Å². The molecule has 0 bridgehead atoms. The molecular formula is C12H15N3O. The molecule has 84 valence electrons. The lowest BCUT2D eigenvalue weighted by Crippen LogP contribution is -2.01. The number of aliphatic hydroxyl groups is 1. The van der Waals surface area contributed by atoms with Crippen molar-refractivity contribution < 1.29 is 5.11 Å². The van der Waals surface area contributed by atoms with Crippen LogP contribution in [-0.4, -0.2) is 19.6 Å². The Hall–Kier alpha value is -1.68. The highest BCUT2D eigenvalue weighted by atomic mass is 16.3. The Labute approximate surface area is 94.6 Å². The molecule has 2 rings (SSSR count). The van der Waals surface area contributed by atoms with Crippen molar-refractivity contribution in [3.63, 3.8) is 0 Å². The van der Waals surface area contributed by atoms with Gasteiger partial charge in [-0.2, -0.15) is 0 Å². The third-order valence-electron chi connectivity index (χ3n) is 2.49. The number of hydrogen-bond donors (Lipinski definition) is 1. The molecule has 0 spiro atoms. The van der Waals surface area contributed by atoms with Gasteiger partial charge in [0.1, 0.15) is 5.82 Å². The van der Waals surface area contributed by atoms with Crippen LogP contribution in [0.4, 0.5) is 0 Å². The number of aliphatic hydroxyl groups excluding tert-OH is 1. The first-order valence-corrected chi connectivity index (χ1v) is 5.39. The van der Waals surface area contributed by atoms with Gasteiger partial charge in [-0.05, 0) is 24.1 Å². The van der Waals surface area contributed by atoms with Crippen molar-refractivity contribution in [3.05, 3.63) is 48.3 Å². The predicted octanol–water partition coefficient (Wildman–Crippen LogP) is 1.77. The highest BCUT2D eigenvalue weighted by Gasteiger charge is 2.06. The summed E-state index contributed by atoms with van der Waals surface area (Å²) in [4.78, 5) is 8.31. The maximum atomic E-state index is 9.66. The van der Waals surface area contributed by atoms with Crippen LogP contribution >= 0.6 is 0 Å². The van der Waals surface area contributed by atoms with Gasteiger partial charge in [-0.25, -0.2) is 9.97 Å². The summed E-state index contributed by atoms with van der Waals surface area (Å²) in [5.41, 5.74) is 0.943. The van der Waals surface area contributed by atoms with E-state index in [1.807, 2.05) is 30.0 Å². The minimum Gasteiger partial charge on any atom is -0.388 e. The third-order valence-corrected chi connectivity index (χ3v) is 2.49. The van der Waals surface area contributed by atoms with Gasteiger partial charge in [0.25, 0.3) is 0 Å². The summed E-state index contributed by atoms with van der Waals surface area (Å²) in [6, 6.07) is 3.72. The molecule has 2 aromatic heterocycles. The van der Waals surface area contributed by atoms with Crippen molar-refractivity contribution in [1.29, 1.82) is 0 Å². The van der Waals surface area contributed by atoms with E-state index in [-0.39, 0.29) is 6.10 Å². The minimum atomic E-state index is -0.377. The predicted molar refractivity (Wildman–Crippen MR) is 60.8 cm³/mol. The average molecular weight is 217 g/mol. The smallest absolute Gasteiger partial charge is 0.147 e. The quantitative estimate of drug-likeness (QED) is 0.849. The van der Waals surface area contributed by atoms with Crippen molar-refractivity contribution in [2.24, 2.45) is 0 Å². The maximum Gasteiger partial charge on any atom is 0.147 e. The summed E-state index contributed by atoms with van der Waals surface area (Å²) >= 11 is 0. The monoisotopic (exact) mass is 217 g/mol. The van der Waals surface area contributed by atoms with Crippen LogP contribution in [0.5, 0.6) is 0 Å². The van der Waals surface area contributed by atoms with Crippen LogP contribution in [0.2, 0.25) is 0 Å². The van der Waals surface area contributed by atoms with E-state index >= 15 is 0 Å². The van der Waals surface area contributed by atoms with E-state index in [0.29, 0.717) is 6.54 Å². The summed E-state index contributed by atoms with van der Waals surface area (Å²) in [5.74, 6) is 0.774. The van der Waals surface area contributed by atoms with Crippen LogP contribution in [0.3, 0.4) is 0 Å². The van der Waals surface area contributed by atoms with E-state index in [1.54, 1.807) is 18.5 Å². The number of aromatic nitrogens is 3. The van der Waals surface area contributed by atoms with Crippen LogP contribution in [0.1, 0.15) is 30.8 Å². The van der Waals surface area contributed by atoms with E-state index in [1.165, 1.54) is 0 Å². The second-order valence-electron chi connectivity index (χ2n) is 3.71. The normalized spacial score (nSPS) is 12.6. The first-order valence-electron chi connectivity index (χ1n) is 5.39. The van der Waals surface area contributed by atoms with E-state index in [2.05, 4.69) is 9.97 Å². The summed E-state index contributed by atoms with van der Waals surface area (Å²) in [5, 5.41) is 9.66. The fourth-order valence-electron chi connectivity index (χ4n) is 1.57. The van der Waals surface area contributed by atoms with Gasteiger partial charge in [-0.3, -0.25) is 0 Å². The van der Waals surface area contributed by atoms with Gasteiger partial charge in [-0.1, -0.05) is 6.92 Å². The molecule has 0 aliphatic heterocycles. The molecule has 4 heteroatoms. The summed E-state index contributed by atoms with van der Waals surface area (Å²) < 4.78 is 1.98. The Morgan fingerprint density at radius 3 is 2.81 bits per heavy atom. The third kappa shape index (κ3) is 2.46. The second-order valence-corrected chi connectivity index (χ2v) is 3.71. The first-order chi connectivity index (χ1) is 7.79. The molecule has 0 saturated heterocycles. The Bertz CT molecular complexity index is 439. The fraction of sp³-hybridized carbons (Fsp3) is 0.333. The van der Waals surface area contributed by atoms with Gasteiger partial charge in [0.15, 0.2) is 0 Å². The molecule has 0 saturated carbocycles. The van der Waals surface area contributed by atoms with Crippen LogP contribution in [0.15, 0.2) is 36.9 Å². The van der Waals surface area contributed by atoms with Crippen LogP contribution in [0, 0.1) is 0 Å². The van der Waals surface area contributed by atoms with Crippen molar-refractivity contribution in [2.45, 2.75) is 26.0 Å². The molecule has 0 aromatic carbocycles. The molecule has 2 heterocycles. The molecule has 0 fully saturated rings. The molecule has 4 nitrogen and oxygen atoms in total. The molecule has 0 aliphatic rings. The fourth-order valence-corrected chi connectivity index (χ4v) is 1.57. The molecule has 0 aliphatic carbocycles. The van der Waals surface area contributed by atoms with Crippen molar-refractivity contribution in [2.75, 3.05) is 0 Å². The zero-order chi connectivity index (χ0) is 11.4. The van der Waals surface area contributed by atoms with Crippen molar-refractivity contribution in [1.82, 2.24) is 14.5 Å². The molecule has 2 aromatic rings. The van der Waals surface area contributed by atoms with Gasteiger partial charge in [0, 0.05) is 24.8 Å². The first kappa shape index (κ1) is 10.8. The molecule has 1 atom stereocenters. The largest absolute Gasteiger partial charge is 0.388 e. The van der Waals surface area contributed by atoms with E-state index in [9.17, 15) is 5.11 Å².